The Morgan fingerprint density at radius 2 is 1.68 bits per heavy atom. The van der Waals surface area contributed by atoms with Crippen molar-refractivity contribution in [1.82, 2.24) is 15.0 Å². The SMILES string of the molecule is COc1ccc(-c2nc(NCc3cccc(C(F)(F)F)c3)nc(OC)n2)cc1. The highest BCUT2D eigenvalue weighted by atomic mass is 19.4. The van der Waals surface area contributed by atoms with E-state index in [0.717, 1.165) is 12.1 Å². The largest absolute Gasteiger partial charge is 0.497 e. The summed E-state index contributed by atoms with van der Waals surface area (Å²) in [7, 11) is 2.99. The van der Waals surface area contributed by atoms with Crippen molar-refractivity contribution in [1.29, 1.82) is 0 Å². The lowest BCUT2D eigenvalue weighted by Crippen LogP contribution is -2.09. The number of hydrogen-bond donors (Lipinski definition) is 1. The molecule has 3 aromatic rings. The highest BCUT2D eigenvalue weighted by molar-refractivity contribution is 5.57. The van der Waals surface area contributed by atoms with Crippen molar-refractivity contribution in [3.63, 3.8) is 0 Å². The second kappa shape index (κ2) is 8.12. The summed E-state index contributed by atoms with van der Waals surface area (Å²) in [6.45, 7) is 0.110. The van der Waals surface area contributed by atoms with Gasteiger partial charge in [0.1, 0.15) is 5.75 Å². The van der Waals surface area contributed by atoms with E-state index in [1.165, 1.54) is 13.2 Å². The number of anilines is 1. The smallest absolute Gasteiger partial charge is 0.416 e. The molecule has 0 amide bonds. The van der Waals surface area contributed by atoms with Crippen LogP contribution >= 0.6 is 0 Å². The molecule has 0 bridgehead atoms. The fraction of sp³-hybridized carbons (Fsp3) is 0.211. The van der Waals surface area contributed by atoms with Crippen molar-refractivity contribution < 1.29 is 22.6 Å². The van der Waals surface area contributed by atoms with E-state index in [2.05, 4.69) is 20.3 Å². The van der Waals surface area contributed by atoms with Crippen molar-refractivity contribution in [3.05, 3.63) is 59.7 Å². The standard InChI is InChI=1S/C19H17F3N4O2/c1-27-15-8-6-13(7-9-15)16-24-17(26-18(25-16)28-2)23-11-12-4-3-5-14(10-12)19(20,21)22/h3-10H,11H2,1-2H3,(H,23,24,25,26). The zero-order valence-corrected chi connectivity index (χ0v) is 15.1. The van der Waals surface area contributed by atoms with Gasteiger partial charge >= 0.3 is 12.2 Å². The zero-order valence-electron chi connectivity index (χ0n) is 15.1. The van der Waals surface area contributed by atoms with Gasteiger partial charge in [0.15, 0.2) is 5.82 Å². The topological polar surface area (TPSA) is 69.2 Å². The highest BCUT2D eigenvalue weighted by Gasteiger charge is 2.30. The van der Waals surface area contributed by atoms with Crippen molar-refractivity contribution in [2.24, 2.45) is 0 Å². The molecule has 0 unspecified atom stereocenters. The Balaban J connectivity index is 1.82. The van der Waals surface area contributed by atoms with Crippen LogP contribution < -0.4 is 14.8 Å². The van der Waals surface area contributed by atoms with Gasteiger partial charge in [-0.05, 0) is 42.0 Å². The van der Waals surface area contributed by atoms with Crippen molar-refractivity contribution in [2.45, 2.75) is 12.7 Å². The number of alkyl halides is 3. The lowest BCUT2D eigenvalue weighted by atomic mass is 10.1. The van der Waals surface area contributed by atoms with Gasteiger partial charge in [0.25, 0.3) is 0 Å². The number of nitrogens with one attached hydrogen (secondary N) is 1. The monoisotopic (exact) mass is 390 g/mol. The van der Waals surface area contributed by atoms with Gasteiger partial charge in [-0.15, -0.1) is 0 Å². The van der Waals surface area contributed by atoms with Crippen LogP contribution in [0.3, 0.4) is 0 Å². The maximum absolute atomic E-state index is 12.8. The van der Waals surface area contributed by atoms with Crippen LogP contribution in [-0.4, -0.2) is 29.2 Å². The Morgan fingerprint density at radius 1 is 0.929 bits per heavy atom. The van der Waals surface area contributed by atoms with E-state index in [1.807, 2.05) is 0 Å². The van der Waals surface area contributed by atoms with E-state index in [4.69, 9.17) is 9.47 Å². The van der Waals surface area contributed by atoms with Gasteiger partial charge < -0.3 is 14.8 Å². The Bertz CT molecular complexity index is 947. The third-order valence-corrected chi connectivity index (χ3v) is 3.85. The third-order valence-electron chi connectivity index (χ3n) is 3.85. The van der Waals surface area contributed by atoms with Gasteiger partial charge in [-0.3, -0.25) is 0 Å². The van der Waals surface area contributed by atoms with Crippen molar-refractivity contribution in [2.75, 3.05) is 19.5 Å². The molecule has 9 heteroatoms. The zero-order chi connectivity index (χ0) is 20.1. The third kappa shape index (κ3) is 4.67. The Kier molecular flexibility index (Phi) is 5.62. The first-order valence-corrected chi connectivity index (χ1v) is 8.23. The molecule has 28 heavy (non-hydrogen) atoms. The first kappa shape index (κ1) is 19.4. The minimum Gasteiger partial charge on any atom is -0.497 e. The lowest BCUT2D eigenvalue weighted by molar-refractivity contribution is -0.137. The van der Waals surface area contributed by atoms with Crippen LogP contribution in [0.2, 0.25) is 0 Å². The number of nitrogens with zero attached hydrogens (tertiary/aromatic N) is 3. The summed E-state index contributed by atoms with van der Waals surface area (Å²) >= 11 is 0. The van der Waals surface area contributed by atoms with Crippen LogP contribution in [0.1, 0.15) is 11.1 Å². The predicted octanol–water partition coefficient (Wildman–Crippen LogP) is 4.19. The molecule has 2 aromatic carbocycles. The predicted molar refractivity (Wildman–Crippen MR) is 97.1 cm³/mol. The van der Waals surface area contributed by atoms with Crippen LogP contribution in [-0.2, 0) is 12.7 Å². The Hall–Kier alpha value is -3.36. The second-order valence-electron chi connectivity index (χ2n) is 5.75. The molecule has 1 aromatic heterocycles. The molecule has 6 nitrogen and oxygen atoms in total. The molecule has 1 heterocycles. The van der Waals surface area contributed by atoms with Gasteiger partial charge in [0.2, 0.25) is 5.95 Å². The van der Waals surface area contributed by atoms with Gasteiger partial charge in [-0.25, -0.2) is 0 Å². The summed E-state index contributed by atoms with van der Waals surface area (Å²) in [5, 5.41) is 2.91. The summed E-state index contributed by atoms with van der Waals surface area (Å²) in [4.78, 5) is 12.6. The van der Waals surface area contributed by atoms with Gasteiger partial charge in [0.05, 0.1) is 19.8 Å². The van der Waals surface area contributed by atoms with Gasteiger partial charge in [-0.1, -0.05) is 12.1 Å². The molecular weight excluding hydrogens is 373 g/mol. The first-order valence-electron chi connectivity index (χ1n) is 8.23. The molecule has 146 valence electrons. The lowest BCUT2D eigenvalue weighted by Gasteiger charge is -2.11. The number of halogens is 3. The number of hydrogen-bond acceptors (Lipinski definition) is 6. The first-order chi connectivity index (χ1) is 13.4. The van der Waals surface area contributed by atoms with Crippen molar-refractivity contribution in [3.8, 4) is 23.1 Å². The van der Waals surface area contributed by atoms with E-state index >= 15 is 0 Å². The normalized spacial score (nSPS) is 11.2. The molecule has 0 saturated carbocycles. The van der Waals surface area contributed by atoms with E-state index in [0.29, 0.717) is 22.7 Å². The molecule has 0 fully saturated rings. The average molecular weight is 390 g/mol. The molecule has 0 aliphatic rings. The van der Waals surface area contributed by atoms with E-state index in [9.17, 15) is 13.2 Å². The molecule has 0 atom stereocenters. The van der Waals surface area contributed by atoms with E-state index in [-0.39, 0.29) is 18.5 Å². The average Bonchev–Trinajstić information content (AvgIpc) is 2.71. The quantitative estimate of drug-likeness (QED) is 0.681. The fourth-order valence-electron chi connectivity index (χ4n) is 2.43. The number of methoxy groups -OCH3 is 2. The van der Waals surface area contributed by atoms with Crippen LogP contribution in [0.15, 0.2) is 48.5 Å². The minimum atomic E-state index is -4.39. The minimum absolute atomic E-state index is 0.0901. The maximum Gasteiger partial charge on any atom is 0.416 e. The van der Waals surface area contributed by atoms with E-state index < -0.39 is 11.7 Å². The van der Waals surface area contributed by atoms with Gasteiger partial charge in [-0.2, -0.15) is 28.1 Å². The molecule has 0 aliphatic carbocycles. The summed E-state index contributed by atoms with van der Waals surface area (Å²) in [5.41, 5.74) is 0.447. The second-order valence-corrected chi connectivity index (χ2v) is 5.75. The summed E-state index contributed by atoms with van der Waals surface area (Å²) in [5.74, 6) is 1.24. The van der Waals surface area contributed by atoms with Crippen LogP contribution in [0.4, 0.5) is 19.1 Å². The summed E-state index contributed by atoms with van der Waals surface area (Å²) in [6, 6.07) is 12.2. The van der Waals surface area contributed by atoms with Crippen molar-refractivity contribution >= 4 is 5.95 Å². The molecule has 0 aliphatic heterocycles. The molecule has 0 spiro atoms. The summed E-state index contributed by atoms with van der Waals surface area (Å²) in [6.07, 6.45) is -4.39. The number of ether oxygens (including phenoxy) is 2. The van der Waals surface area contributed by atoms with Crippen LogP contribution in [0.5, 0.6) is 11.8 Å². The molecule has 0 radical (unpaired) electrons. The maximum atomic E-state index is 12.8. The molecule has 3 rings (SSSR count). The molecule has 1 N–H and O–H groups in total. The van der Waals surface area contributed by atoms with Crippen LogP contribution in [0, 0.1) is 0 Å². The highest BCUT2D eigenvalue weighted by Crippen LogP contribution is 2.29. The summed E-state index contributed by atoms with van der Waals surface area (Å²) < 4.78 is 48.8. The van der Waals surface area contributed by atoms with Gasteiger partial charge in [0, 0.05) is 12.1 Å². The Morgan fingerprint density at radius 3 is 2.32 bits per heavy atom. The number of benzene rings is 2. The fourth-order valence-corrected chi connectivity index (χ4v) is 2.43. The number of aromatic nitrogens is 3. The van der Waals surface area contributed by atoms with Crippen LogP contribution in [0.25, 0.3) is 11.4 Å². The van der Waals surface area contributed by atoms with E-state index in [1.54, 1.807) is 37.4 Å². The molecular formula is C19H17F3N4O2. The molecule has 0 saturated heterocycles. The number of rotatable bonds is 6. The Labute approximate surface area is 159 Å².